The molecule has 0 saturated carbocycles. The average Bonchev–Trinajstić information content (AvgIpc) is 3.44. The second-order valence-corrected chi connectivity index (χ2v) is 14.4. The van der Waals surface area contributed by atoms with Gasteiger partial charge in [0.2, 0.25) is 0 Å². The van der Waals surface area contributed by atoms with E-state index in [0.29, 0.717) is 17.3 Å². The number of halogens is 2. The second kappa shape index (κ2) is 13.1. The lowest BCUT2D eigenvalue weighted by Crippen LogP contribution is -2.46. The number of allylic oxidation sites excluding steroid dienone is 1. The van der Waals surface area contributed by atoms with Crippen molar-refractivity contribution in [2.24, 2.45) is 11.3 Å². The van der Waals surface area contributed by atoms with Crippen molar-refractivity contribution < 1.29 is 22.3 Å². The summed E-state index contributed by atoms with van der Waals surface area (Å²) in [5, 5.41) is 2.77. The molecule has 230 valence electrons. The molecular weight excluding hydrogens is 613 g/mol. The molecule has 0 amide bonds. The Morgan fingerprint density at radius 1 is 0.977 bits per heavy atom. The minimum Gasteiger partial charge on any atom is -0.744 e. The first kappa shape index (κ1) is 32.2. The number of hydrogen-bond acceptors (Lipinski definition) is 4. The maximum atomic E-state index is 10.9. The van der Waals surface area contributed by atoms with E-state index in [4.69, 9.17) is 27.9 Å². The first-order chi connectivity index (χ1) is 20.9. The molecule has 44 heavy (non-hydrogen) atoms. The smallest absolute Gasteiger partial charge is 0.343 e. The van der Waals surface area contributed by atoms with Crippen LogP contribution in [0.4, 0.5) is 0 Å². The molecule has 5 nitrogen and oxygen atoms in total. The fourth-order valence-electron chi connectivity index (χ4n) is 6.67. The van der Waals surface area contributed by atoms with Crippen LogP contribution in [0.1, 0.15) is 56.7 Å². The van der Waals surface area contributed by atoms with Crippen molar-refractivity contribution in [1.29, 1.82) is 0 Å². The highest BCUT2D eigenvalue weighted by Crippen LogP contribution is 2.51. The van der Waals surface area contributed by atoms with E-state index >= 15 is 0 Å². The molecular formula is C36H37Cl2NO4S. The summed E-state index contributed by atoms with van der Waals surface area (Å²) >= 11 is 12.7. The highest BCUT2D eigenvalue weighted by Gasteiger charge is 2.57. The van der Waals surface area contributed by atoms with Crippen LogP contribution in [0.15, 0.2) is 109 Å². The molecule has 0 spiro atoms. The van der Waals surface area contributed by atoms with Crippen LogP contribution in [0.5, 0.6) is 0 Å². The van der Waals surface area contributed by atoms with Crippen molar-refractivity contribution in [3.05, 3.63) is 125 Å². The van der Waals surface area contributed by atoms with Crippen molar-refractivity contribution in [1.82, 2.24) is 0 Å². The van der Waals surface area contributed by atoms with E-state index in [2.05, 4.69) is 62.3 Å². The summed E-state index contributed by atoms with van der Waals surface area (Å²) in [6, 6.07) is 28.7. The number of ether oxygens (including phenoxy) is 1. The Bertz CT molecular complexity index is 1800. The number of rotatable bonds is 6. The largest absolute Gasteiger partial charge is 0.744 e. The van der Waals surface area contributed by atoms with Crippen molar-refractivity contribution in [3.8, 4) is 0 Å². The van der Waals surface area contributed by atoms with Crippen LogP contribution in [0.3, 0.4) is 0 Å². The first-order valence-corrected chi connectivity index (χ1v) is 16.9. The Morgan fingerprint density at radius 3 is 2.32 bits per heavy atom. The molecule has 0 bridgehead atoms. The van der Waals surface area contributed by atoms with E-state index in [-0.39, 0.29) is 22.3 Å². The summed E-state index contributed by atoms with van der Waals surface area (Å²) in [4.78, 5) is -0.157. The van der Waals surface area contributed by atoms with Gasteiger partial charge in [0.05, 0.1) is 16.2 Å². The van der Waals surface area contributed by atoms with E-state index in [1.54, 1.807) is 36.4 Å². The molecule has 8 heteroatoms. The number of hydrogen-bond donors (Lipinski definition) is 0. The van der Waals surface area contributed by atoms with Crippen LogP contribution >= 0.6 is 23.2 Å². The van der Waals surface area contributed by atoms with Crippen LogP contribution in [0.2, 0.25) is 10.0 Å². The Balaban J connectivity index is 0.000000229. The molecule has 0 fully saturated rings. The molecule has 0 aromatic heterocycles. The Kier molecular flexibility index (Phi) is 9.57. The van der Waals surface area contributed by atoms with Gasteiger partial charge in [-0.2, -0.15) is 4.58 Å². The zero-order chi connectivity index (χ0) is 31.6. The third kappa shape index (κ3) is 6.59. The van der Waals surface area contributed by atoms with Crippen LogP contribution in [0, 0.1) is 11.3 Å². The normalized spacial score (nSPS) is 23.1. The van der Waals surface area contributed by atoms with Gasteiger partial charge in [-0.3, -0.25) is 0 Å². The zero-order valence-electron chi connectivity index (χ0n) is 25.1. The molecule has 0 aliphatic carbocycles. The molecule has 0 N–H and O–H groups in total. The van der Waals surface area contributed by atoms with Gasteiger partial charge in [-0.15, -0.1) is 6.58 Å². The predicted octanol–water partition coefficient (Wildman–Crippen LogP) is 9.01. The number of nitrogens with zero attached hydrogens (tertiary/aromatic N) is 1. The quantitative estimate of drug-likeness (QED) is 0.119. The van der Waals surface area contributed by atoms with Gasteiger partial charge in [-0.05, 0) is 66.4 Å². The van der Waals surface area contributed by atoms with Gasteiger partial charge < -0.3 is 9.29 Å². The molecule has 0 unspecified atom stereocenters. The summed E-state index contributed by atoms with van der Waals surface area (Å²) in [6.45, 7) is 11.6. The summed E-state index contributed by atoms with van der Waals surface area (Å²) < 4.78 is 41.7. The van der Waals surface area contributed by atoms with Gasteiger partial charge in [0.1, 0.15) is 10.1 Å². The van der Waals surface area contributed by atoms with Crippen LogP contribution in [-0.2, 0) is 14.9 Å². The average molecular weight is 651 g/mol. The third-order valence-electron chi connectivity index (χ3n) is 8.72. The Labute approximate surface area is 270 Å². The maximum Gasteiger partial charge on any atom is 0.343 e. The molecule has 4 aromatic carbocycles. The van der Waals surface area contributed by atoms with Gasteiger partial charge in [0.15, 0.2) is 18.7 Å². The summed E-state index contributed by atoms with van der Waals surface area (Å²) in [5.41, 5.74) is 2.44. The predicted molar refractivity (Wildman–Crippen MR) is 178 cm³/mol. The van der Waals surface area contributed by atoms with E-state index in [0.717, 1.165) is 40.8 Å². The van der Waals surface area contributed by atoms with Crippen molar-refractivity contribution in [2.75, 3.05) is 6.61 Å². The van der Waals surface area contributed by atoms with Gasteiger partial charge in [-0.25, -0.2) is 8.42 Å². The molecule has 4 aromatic rings. The van der Waals surface area contributed by atoms with E-state index < -0.39 is 10.1 Å². The van der Waals surface area contributed by atoms with Crippen molar-refractivity contribution in [3.63, 3.8) is 0 Å². The van der Waals surface area contributed by atoms with E-state index in [9.17, 15) is 13.0 Å². The molecule has 6 rings (SSSR count). The minimum absolute atomic E-state index is 0.0959. The monoisotopic (exact) mass is 649 g/mol. The highest BCUT2D eigenvalue weighted by atomic mass is 35.5. The topological polar surface area (TPSA) is 69.4 Å². The molecule has 2 aliphatic heterocycles. The first-order valence-electron chi connectivity index (χ1n) is 14.8. The van der Waals surface area contributed by atoms with Crippen molar-refractivity contribution >= 4 is 50.0 Å². The Morgan fingerprint density at radius 2 is 1.66 bits per heavy atom. The minimum atomic E-state index is -4.38. The summed E-state index contributed by atoms with van der Waals surface area (Å²) in [6.07, 6.45) is 3.88. The van der Waals surface area contributed by atoms with Crippen molar-refractivity contribution in [2.45, 2.75) is 56.5 Å². The standard InChI is InChI=1S/C26H30Cl2NO.C10H8O3S/c1-5-13-26(4)15-22(19-7-6-8-21(28)14-19)24(18-9-11-20(27)12-10-18)29-23(17(2)3)16-30-25(26)29;11-14(12,13)10-7-3-5-8-4-1-2-6-9(8)10/h5-12,14,17,22-24H,1,13,15-16H2,2-4H3;1-7H,(H,11,12,13)/q+1;/p-1/t22-,23-,24-,26+;/m1./s1. The molecule has 2 heterocycles. The zero-order valence-corrected chi connectivity index (χ0v) is 27.4. The van der Waals surface area contributed by atoms with Crippen LogP contribution in [0.25, 0.3) is 10.8 Å². The lowest BCUT2D eigenvalue weighted by Gasteiger charge is -2.39. The van der Waals surface area contributed by atoms with Gasteiger partial charge >= 0.3 is 5.90 Å². The molecule has 4 atom stereocenters. The summed E-state index contributed by atoms with van der Waals surface area (Å²) in [5.74, 6) is 1.87. The molecule has 0 radical (unpaired) electrons. The number of benzene rings is 4. The second-order valence-electron chi connectivity index (χ2n) is 12.2. The highest BCUT2D eigenvalue weighted by molar-refractivity contribution is 7.86. The molecule has 2 aliphatic rings. The number of fused-ring (bicyclic) bond motifs is 1. The summed E-state index contributed by atoms with van der Waals surface area (Å²) in [7, 11) is -4.38. The van der Waals surface area contributed by atoms with Crippen LogP contribution in [-0.4, -0.2) is 36.1 Å². The van der Waals surface area contributed by atoms with Gasteiger partial charge in [-0.1, -0.05) is 104 Å². The van der Waals surface area contributed by atoms with E-state index in [1.807, 2.05) is 24.3 Å². The Hall–Kier alpha value is -3.16. The SMILES string of the molecule is C=CC[C@@]1(C)C[C@H](c2cccc(Cl)c2)[C@@H](c2ccc(Cl)cc2)[N+]2=C1OC[C@@H]2C(C)C.O=S(=O)([O-])c1cccc2ccccc12. The van der Waals surface area contributed by atoms with E-state index in [1.165, 1.54) is 17.2 Å². The van der Waals surface area contributed by atoms with Crippen LogP contribution < -0.4 is 0 Å². The third-order valence-corrected chi connectivity index (χ3v) is 10.1. The molecule has 0 saturated heterocycles. The van der Waals surface area contributed by atoms with Gasteiger partial charge in [0, 0.05) is 21.5 Å². The fourth-order valence-corrected chi connectivity index (χ4v) is 7.70. The lowest BCUT2D eigenvalue weighted by molar-refractivity contribution is -0.616. The fraction of sp³-hybridized carbons (Fsp3) is 0.306. The maximum absolute atomic E-state index is 10.9. The lowest BCUT2D eigenvalue weighted by atomic mass is 9.69. The van der Waals surface area contributed by atoms with Gasteiger partial charge in [0.25, 0.3) is 0 Å².